The van der Waals surface area contributed by atoms with Gasteiger partial charge < -0.3 is 16.2 Å². The summed E-state index contributed by atoms with van der Waals surface area (Å²) < 4.78 is 18.9. The second kappa shape index (κ2) is 10.4. The molecule has 9 nitrogen and oxygen atoms in total. The lowest BCUT2D eigenvalue weighted by molar-refractivity contribution is -0.386. The number of nitrogens with zero attached hydrogens (tertiary/aromatic N) is 2. The van der Waals surface area contributed by atoms with Gasteiger partial charge in [0.05, 0.1) is 18.8 Å². The Balaban J connectivity index is 0.000000245. The van der Waals surface area contributed by atoms with E-state index in [0.717, 1.165) is 0 Å². The summed E-state index contributed by atoms with van der Waals surface area (Å²) >= 11 is 11.8. The Morgan fingerprint density at radius 1 is 0.839 bits per heavy atom. The van der Waals surface area contributed by atoms with Gasteiger partial charge >= 0.3 is 11.4 Å². The molecule has 0 aliphatic heterocycles. The summed E-state index contributed by atoms with van der Waals surface area (Å²) in [7, 11) is 0. The average molecular weight is 579 g/mol. The summed E-state index contributed by atoms with van der Waals surface area (Å²) in [5, 5.41) is 21.9. The molecule has 3 rings (SSSR count). The van der Waals surface area contributed by atoms with Crippen LogP contribution in [0.4, 0.5) is 27.1 Å². The lowest BCUT2D eigenvalue weighted by atomic mass is 10.2. The highest BCUT2D eigenvalue weighted by Crippen LogP contribution is 2.42. The minimum Gasteiger partial charge on any atom is -0.449 e. The number of benzene rings is 3. The first kappa shape index (κ1) is 24.3. The molecule has 0 unspecified atom stereocenters. The number of hydrogen-bond acceptors (Lipinski definition) is 7. The van der Waals surface area contributed by atoms with Gasteiger partial charge in [-0.1, -0.05) is 11.6 Å². The molecule has 0 bridgehead atoms. The molecular formula is C18H12Br2ClFN4O5. The van der Waals surface area contributed by atoms with Crippen LogP contribution in [0.25, 0.3) is 0 Å². The van der Waals surface area contributed by atoms with Gasteiger partial charge in [0.1, 0.15) is 17.1 Å². The van der Waals surface area contributed by atoms with Crippen molar-refractivity contribution in [3.63, 3.8) is 0 Å². The van der Waals surface area contributed by atoms with Crippen molar-refractivity contribution in [3.8, 4) is 11.5 Å². The van der Waals surface area contributed by atoms with Gasteiger partial charge in [0.2, 0.25) is 11.6 Å². The van der Waals surface area contributed by atoms with Gasteiger partial charge in [-0.3, -0.25) is 20.2 Å². The van der Waals surface area contributed by atoms with Gasteiger partial charge in [-0.15, -0.1) is 0 Å². The lowest BCUT2D eigenvalue weighted by Gasteiger charge is -2.09. The van der Waals surface area contributed by atoms with Gasteiger partial charge in [-0.2, -0.15) is 4.39 Å². The molecule has 162 valence electrons. The quantitative estimate of drug-likeness (QED) is 0.205. The minimum atomic E-state index is -0.944. The Morgan fingerprint density at radius 3 is 1.81 bits per heavy atom. The molecule has 31 heavy (non-hydrogen) atoms. The van der Waals surface area contributed by atoms with Crippen LogP contribution in [-0.4, -0.2) is 9.85 Å². The third-order valence-electron chi connectivity index (χ3n) is 3.61. The second-order valence-corrected chi connectivity index (χ2v) is 7.83. The molecule has 3 aromatic carbocycles. The van der Waals surface area contributed by atoms with Crippen LogP contribution in [0.2, 0.25) is 5.02 Å². The van der Waals surface area contributed by atoms with Crippen LogP contribution in [-0.2, 0) is 0 Å². The summed E-state index contributed by atoms with van der Waals surface area (Å²) in [5.41, 5.74) is 9.69. The third-order valence-corrected chi connectivity index (χ3v) is 5.10. The van der Waals surface area contributed by atoms with Crippen LogP contribution >= 0.6 is 43.5 Å². The standard InChI is InChI=1S/C12H8BrClN2O3.C6H4BrFN2O2/c13-9-5-6-10(15)11(16(17)18)12(9)19-8-3-1-7(14)2-4-8;7-3-1-2-4(9)6(5(3)8)10(11)12/h1-6H,15H2;1-2H,9H2. The number of anilines is 2. The first-order valence-corrected chi connectivity index (χ1v) is 10.0. The zero-order valence-electron chi connectivity index (χ0n) is 15.2. The lowest BCUT2D eigenvalue weighted by Crippen LogP contribution is -1.99. The molecule has 0 saturated heterocycles. The molecule has 0 aliphatic carbocycles. The maximum Gasteiger partial charge on any atom is 0.335 e. The largest absolute Gasteiger partial charge is 0.449 e. The average Bonchev–Trinajstić information content (AvgIpc) is 2.69. The van der Waals surface area contributed by atoms with Gasteiger partial charge in [0.25, 0.3) is 0 Å². The predicted octanol–water partition coefficient (Wildman–Crippen LogP) is 6.46. The Kier molecular flexibility index (Phi) is 8.14. The molecule has 0 radical (unpaired) electrons. The third kappa shape index (κ3) is 6.03. The van der Waals surface area contributed by atoms with E-state index in [9.17, 15) is 24.6 Å². The molecule has 13 heteroatoms. The summed E-state index contributed by atoms with van der Waals surface area (Å²) in [4.78, 5) is 19.9. The number of rotatable bonds is 4. The molecule has 0 spiro atoms. The fraction of sp³-hybridized carbons (Fsp3) is 0. The summed E-state index contributed by atoms with van der Waals surface area (Å²) in [6, 6.07) is 12.1. The summed E-state index contributed by atoms with van der Waals surface area (Å²) in [6.45, 7) is 0. The van der Waals surface area contributed by atoms with Gasteiger partial charge in [-0.05, 0) is 80.4 Å². The van der Waals surface area contributed by atoms with Crippen LogP contribution in [0.15, 0.2) is 57.5 Å². The van der Waals surface area contributed by atoms with Crippen LogP contribution in [0.5, 0.6) is 11.5 Å². The van der Waals surface area contributed by atoms with Crippen molar-refractivity contribution in [2.24, 2.45) is 0 Å². The van der Waals surface area contributed by atoms with Crippen molar-refractivity contribution in [1.29, 1.82) is 0 Å². The van der Waals surface area contributed by atoms with Crippen LogP contribution in [0.1, 0.15) is 0 Å². The van der Waals surface area contributed by atoms with E-state index in [0.29, 0.717) is 15.2 Å². The highest BCUT2D eigenvalue weighted by Gasteiger charge is 2.23. The van der Waals surface area contributed by atoms with Crippen LogP contribution < -0.4 is 16.2 Å². The van der Waals surface area contributed by atoms with Crippen LogP contribution in [0.3, 0.4) is 0 Å². The highest BCUT2D eigenvalue weighted by molar-refractivity contribution is 9.10. The van der Waals surface area contributed by atoms with E-state index in [1.54, 1.807) is 30.3 Å². The molecule has 0 aromatic heterocycles. The normalized spacial score (nSPS) is 10.1. The zero-order valence-corrected chi connectivity index (χ0v) is 19.1. The van der Waals surface area contributed by atoms with E-state index < -0.39 is 21.4 Å². The maximum absolute atomic E-state index is 12.9. The molecule has 0 heterocycles. The second-order valence-electron chi connectivity index (χ2n) is 5.68. The molecule has 0 aliphatic rings. The fourth-order valence-corrected chi connectivity index (χ4v) is 3.05. The first-order chi connectivity index (χ1) is 14.5. The number of hydrogen-bond donors (Lipinski definition) is 2. The van der Waals surface area contributed by atoms with Crippen molar-refractivity contribution in [2.75, 3.05) is 11.5 Å². The fourth-order valence-electron chi connectivity index (χ4n) is 2.21. The Bertz CT molecular complexity index is 1150. The van der Waals surface area contributed by atoms with E-state index in [-0.39, 0.29) is 27.3 Å². The van der Waals surface area contributed by atoms with E-state index in [2.05, 4.69) is 31.9 Å². The van der Waals surface area contributed by atoms with Crippen molar-refractivity contribution >= 4 is 66.2 Å². The number of ether oxygens (including phenoxy) is 1. The zero-order chi connectivity index (χ0) is 23.3. The van der Waals surface area contributed by atoms with Crippen molar-refractivity contribution in [1.82, 2.24) is 0 Å². The van der Waals surface area contributed by atoms with E-state index in [4.69, 9.17) is 27.8 Å². The summed E-state index contributed by atoms with van der Waals surface area (Å²) in [6.07, 6.45) is 0. The number of nitrogen functional groups attached to an aromatic ring is 2. The van der Waals surface area contributed by atoms with Crippen molar-refractivity contribution < 1.29 is 19.0 Å². The topological polar surface area (TPSA) is 148 Å². The molecular weight excluding hydrogens is 566 g/mol. The SMILES string of the molecule is Nc1ccc(Br)c(F)c1[N+](=O)[O-].Nc1ccc(Br)c(Oc2ccc(Cl)cc2)c1[N+](=O)[O-]. The summed E-state index contributed by atoms with van der Waals surface area (Å²) in [5.74, 6) is -0.453. The molecule has 0 saturated carbocycles. The molecule has 3 aromatic rings. The minimum absolute atomic E-state index is 0.0309. The number of nitro groups is 2. The van der Waals surface area contributed by atoms with Gasteiger partial charge in [-0.25, -0.2) is 0 Å². The highest BCUT2D eigenvalue weighted by atomic mass is 79.9. The Hall–Kier alpha value is -2.96. The number of halogens is 4. The van der Waals surface area contributed by atoms with Crippen molar-refractivity contribution in [3.05, 3.63) is 88.5 Å². The molecule has 0 fully saturated rings. The Labute approximate surface area is 196 Å². The number of nitrogens with two attached hydrogens (primary N) is 2. The Morgan fingerprint density at radius 2 is 1.32 bits per heavy atom. The smallest absolute Gasteiger partial charge is 0.335 e. The molecule has 0 atom stereocenters. The maximum atomic E-state index is 12.9. The monoisotopic (exact) mass is 576 g/mol. The van der Waals surface area contributed by atoms with Crippen molar-refractivity contribution in [2.45, 2.75) is 0 Å². The first-order valence-electron chi connectivity index (χ1n) is 8.06. The van der Waals surface area contributed by atoms with Gasteiger partial charge in [0.15, 0.2) is 0 Å². The van der Waals surface area contributed by atoms with E-state index in [1.165, 1.54) is 18.2 Å². The van der Waals surface area contributed by atoms with Crippen LogP contribution in [0, 0.1) is 26.0 Å². The predicted molar refractivity (Wildman–Crippen MR) is 122 cm³/mol. The molecule has 4 N–H and O–H groups in total. The van der Waals surface area contributed by atoms with E-state index in [1.807, 2.05) is 0 Å². The number of nitro benzene ring substituents is 2. The molecule has 0 amide bonds. The van der Waals surface area contributed by atoms with Gasteiger partial charge in [0, 0.05) is 5.02 Å². The van der Waals surface area contributed by atoms with E-state index >= 15 is 0 Å².